The van der Waals surface area contributed by atoms with E-state index in [-0.39, 0.29) is 35.8 Å². The van der Waals surface area contributed by atoms with Gasteiger partial charge in [-0.1, -0.05) is 84.2 Å². The molecule has 2 aliphatic rings. The van der Waals surface area contributed by atoms with Crippen LogP contribution in [0.15, 0.2) is 188 Å². The molecule has 0 N–H and O–H groups in total. The highest BCUT2D eigenvalue weighted by Crippen LogP contribution is 2.44. The quantitative estimate of drug-likeness (QED) is 0.0399. The number of hydrogen-bond acceptors (Lipinski definition) is 12. The van der Waals surface area contributed by atoms with E-state index < -0.39 is 0 Å². The summed E-state index contributed by atoms with van der Waals surface area (Å²) in [6.45, 7) is 27.6. The highest BCUT2D eigenvalue weighted by atomic mass is 35.5. The first-order chi connectivity index (χ1) is 36.1. The predicted molar refractivity (Wildman–Crippen MR) is 313 cm³/mol. The summed E-state index contributed by atoms with van der Waals surface area (Å²) in [6.07, 6.45) is 0. The van der Waals surface area contributed by atoms with Crippen molar-refractivity contribution in [2.24, 2.45) is 20.5 Å². The molecule has 16 heteroatoms. The average Bonchev–Trinajstić information content (AvgIpc) is 3.96. The molecule has 6 aromatic rings. The van der Waals surface area contributed by atoms with Crippen molar-refractivity contribution in [1.82, 2.24) is 0 Å². The number of benzene rings is 6. The van der Waals surface area contributed by atoms with Gasteiger partial charge in [0.15, 0.2) is 11.0 Å². The minimum absolute atomic E-state index is 0. The topological polar surface area (TPSA) is 80.9 Å². The zero-order valence-electron chi connectivity index (χ0n) is 45.9. The number of rotatable bonds is 26. The van der Waals surface area contributed by atoms with E-state index in [2.05, 4.69) is 193 Å². The number of fused-ring (bicyclic) bond motifs is 2. The monoisotopic (exact) mass is 1110 g/mol. The maximum atomic E-state index is 6.03. The summed E-state index contributed by atoms with van der Waals surface area (Å²) >= 11 is 3.48. The second-order valence-electron chi connectivity index (χ2n) is 18.8. The molecule has 408 valence electrons. The zero-order valence-corrected chi connectivity index (χ0v) is 49.1. The Balaban J connectivity index is 0.000000274. The van der Waals surface area contributed by atoms with Crippen molar-refractivity contribution in [1.29, 1.82) is 0 Å². The van der Waals surface area contributed by atoms with Crippen molar-refractivity contribution >= 4 is 57.6 Å². The van der Waals surface area contributed by atoms with E-state index in [0.29, 0.717) is 0 Å². The molecule has 0 amide bonds. The Labute approximate surface area is 475 Å². The number of quaternary nitrogens is 2. The van der Waals surface area contributed by atoms with Crippen LogP contribution in [-0.4, -0.2) is 126 Å². The molecular weight excluding hydrogens is 1030 g/mol. The number of halogens is 2. The Kier molecular flexibility index (Phi) is 25.1. The second-order valence-corrected chi connectivity index (χ2v) is 21.0. The molecule has 0 aliphatic carbocycles. The minimum atomic E-state index is -0.0240. The molecule has 8 rings (SSSR count). The lowest BCUT2D eigenvalue weighted by atomic mass is 10.2. The fourth-order valence-electron chi connectivity index (χ4n) is 9.50. The van der Waals surface area contributed by atoms with Crippen LogP contribution in [0.3, 0.4) is 0 Å². The van der Waals surface area contributed by atoms with Gasteiger partial charge < -0.3 is 62.9 Å². The smallest absolute Gasteiger partial charge is 0.194 e. The standard InChI is InChI=1S/2C30H40N5OS.2ClH/c2*1-5-34(21-22-35(6-2,7-3)23-24-36-27-13-9-8-10-14-27)26-19-17-25(18-20-26)31-32-30-33(4)28-15-11-12-16-29(28)37-30;;/h2*8-20,30H,5-7,21-24H2,1-4H3;2*1H/q2*+1;;/p-2. The SMILES string of the molecule is CCN(CC[N+](CC)(CC)CCOc1ccccc1)c1ccc(N=NC2Sc3ccccc3N2C)cc1.CCN(CC[N+](CC)(CC)CCOc1ccccc1)c1ccc(N=NC2Sc3ccccc3N2C)cc1.[Cl-].[Cl-]. The van der Waals surface area contributed by atoms with Crippen LogP contribution in [0.25, 0.3) is 0 Å². The molecule has 0 spiro atoms. The lowest BCUT2D eigenvalue weighted by molar-refractivity contribution is -0.923. The third kappa shape index (κ3) is 16.8. The van der Waals surface area contributed by atoms with E-state index >= 15 is 0 Å². The molecule has 6 aromatic carbocycles. The van der Waals surface area contributed by atoms with Crippen LogP contribution in [0.2, 0.25) is 0 Å². The largest absolute Gasteiger partial charge is 1.00 e. The molecule has 2 unspecified atom stereocenters. The van der Waals surface area contributed by atoms with Crippen LogP contribution in [0, 0.1) is 0 Å². The fraction of sp³-hybridized carbons (Fsp3) is 0.400. The lowest BCUT2D eigenvalue weighted by Crippen LogP contribution is -3.00. The maximum Gasteiger partial charge on any atom is 0.194 e. The number of nitrogens with zero attached hydrogens (tertiary/aromatic N) is 10. The van der Waals surface area contributed by atoms with Gasteiger partial charge in [-0.2, -0.15) is 20.5 Å². The summed E-state index contributed by atoms with van der Waals surface area (Å²) in [5.74, 6) is 1.89. The van der Waals surface area contributed by atoms with Crippen molar-refractivity contribution in [3.8, 4) is 11.5 Å². The Morgan fingerprint density at radius 1 is 0.447 bits per heavy atom. The molecule has 2 aliphatic heterocycles. The van der Waals surface area contributed by atoms with Gasteiger partial charge in [-0.3, -0.25) is 0 Å². The molecule has 0 bridgehead atoms. The maximum absolute atomic E-state index is 6.03. The van der Waals surface area contributed by atoms with E-state index in [1.54, 1.807) is 23.5 Å². The van der Waals surface area contributed by atoms with Crippen molar-refractivity contribution in [3.63, 3.8) is 0 Å². The third-order valence-corrected chi connectivity index (χ3v) is 17.3. The second kappa shape index (κ2) is 31.1. The number of anilines is 4. The molecule has 0 aromatic heterocycles. The highest BCUT2D eigenvalue weighted by Gasteiger charge is 2.29. The van der Waals surface area contributed by atoms with Gasteiger partial charge in [-0.05, 0) is 139 Å². The van der Waals surface area contributed by atoms with Gasteiger partial charge in [0, 0.05) is 48.4 Å². The van der Waals surface area contributed by atoms with Gasteiger partial charge in [0.25, 0.3) is 0 Å². The average molecular weight is 1110 g/mol. The van der Waals surface area contributed by atoms with E-state index in [4.69, 9.17) is 9.47 Å². The van der Waals surface area contributed by atoms with Crippen molar-refractivity contribution in [2.45, 2.75) is 62.3 Å². The van der Waals surface area contributed by atoms with Gasteiger partial charge in [0.1, 0.15) is 37.8 Å². The molecular formula is C60H80Cl2N10O2S2. The first-order valence-electron chi connectivity index (χ1n) is 26.7. The normalized spacial score (nSPS) is 14.8. The number of para-hydroxylation sites is 4. The van der Waals surface area contributed by atoms with Crippen molar-refractivity contribution < 1.29 is 43.3 Å². The van der Waals surface area contributed by atoms with Crippen LogP contribution in [0.1, 0.15) is 41.5 Å². The first-order valence-corrected chi connectivity index (χ1v) is 28.4. The number of likely N-dealkylation sites (N-methyl/N-ethyl adjacent to an activating group) is 4. The molecule has 76 heavy (non-hydrogen) atoms. The minimum Gasteiger partial charge on any atom is -1.00 e. The summed E-state index contributed by atoms with van der Waals surface area (Å²) in [7, 11) is 4.15. The van der Waals surface area contributed by atoms with E-state index in [9.17, 15) is 0 Å². The Bertz CT molecular complexity index is 2460. The molecule has 0 saturated carbocycles. The fourth-order valence-corrected chi connectivity index (χ4v) is 11.7. The summed E-state index contributed by atoms with van der Waals surface area (Å²) in [5.41, 5.74) is 6.61. The van der Waals surface area contributed by atoms with E-state index in [1.165, 1.54) is 32.5 Å². The van der Waals surface area contributed by atoms with E-state index in [1.807, 2.05) is 60.7 Å². The third-order valence-electron chi connectivity index (χ3n) is 14.9. The number of hydrogen-bond donors (Lipinski definition) is 0. The van der Waals surface area contributed by atoms with Gasteiger partial charge in [-0.15, -0.1) is 0 Å². The number of ether oxygens (including phenoxy) is 2. The van der Waals surface area contributed by atoms with Crippen LogP contribution in [0.5, 0.6) is 11.5 Å². The molecule has 0 fully saturated rings. The highest BCUT2D eigenvalue weighted by molar-refractivity contribution is 8.00. The van der Waals surface area contributed by atoms with Crippen molar-refractivity contribution in [2.75, 3.05) is 125 Å². The van der Waals surface area contributed by atoms with Crippen LogP contribution >= 0.6 is 23.5 Å². The Hall–Kier alpha value is -5.48. The first kappa shape index (κ1) is 61.4. The van der Waals surface area contributed by atoms with Crippen LogP contribution < -0.4 is 53.9 Å². The van der Waals surface area contributed by atoms with Crippen LogP contribution in [-0.2, 0) is 0 Å². The summed E-state index contributed by atoms with van der Waals surface area (Å²) in [6, 6.07) is 54.0. The predicted octanol–water partition coefficient (Wildman–Crippen LogP) is 8.12. The summed E-state index contributed by atoms with van der Waals surface area (Å²) in [5, 5.41) is 18.3. The zero-order chi connectivity index (χ0) is 52.2. The van der Waals surface area contributed by atoms with Crippen molar-refractivity contribution in [3.05, 3.63) is 158 Å². The number of thioether (sulfide) groups is 2. The molecule has 2 atom stereocenters. The Morgan fingerprint density at radius 2 is 0.789 bits per heavy atom. The number of azo groups is 2. The Morgan fingerprint density at radius 3 is 1.12 bits per heavy atom. The molecule has 12 nitrogen and oxygen atoms in total. The van der Waals surface area contributed by atoms with Gasteiger partial charge in [0.05, 0.1) is 75.1 Å². The molecule has 0 saturated heterocycles. The van der Waals surface area contributed by atoms with Gasteiger partial charge in [-0.25, -0.2) is 0 Å². The molecule has 2 heterocycles. The van der Waals surface area contributed by atoms with Gasteiger partial charge in [0.2, 0.25) is 0 Å². The molecule has 0 radical (unpaired) electrons. The lowest BCUT2D eigenvalue weighted by Gasteiger charge is -2.38. The van der Waals surface area contributed by atoms with E-state index in [0.717, 1.165) is 124 Å². The van der Waals surface area contributed by atoms with Crippen LogP contribution in [0.4, 0.5) is 34.1 Å². The summed E-state index contributed by atoms with van der Waals surface area (Å²) in [4.78, 5) is 11.8. The van der Waals surface area contributed by atoms with Gasteiger partial charge >= 0.3 is 0 Å². The summed E-state index contributed by atoms with van der Waals surface area (Å²) < 4.78 is 14.1.